The number of methoxy groups -OCH3 is 4. The second-order valence-corrected chi connectivity index (χ2v) is 33.1. The SMILES string of the molecule is COCCO[C@H]1CC[C@@H](C)C[C@@H](COC)S(=O)(=O)NC(=O)c2ccc3c(c2)N(C[C@@H]2CC[C@H]21)C[C@@]1(CCCc2cc(Cl)ccc21)CO3.COCCO[C@H]1CC[C@H](C)C[C@@H](COC)S(=O)(=O)NC(=O)c2ccc3c(c2)N(C[C@@H]2CC[C@H]21)C[C@@]1(CCCc2cc(Cl)ccc21)CO3. The quantitative estimate of drug-likeness (QED) is 0.126. The van der Waals surface area contributed by atoms with E-state index in [1.54, 1.807) is 26.4 Å². The Morgan fingerprint density at radius 2 is 0.957 bits per heavy atom. The van der Waals surface area contributed by atoms with Gasteiger partial charge in [-0.2, -0.15) is 0 Å². The first-order chi connectivity index (χ1) is 45.2. The molecule has 4 bridgehead atoms. The zero-order chi connectivity index (χ0) is 66.4. The van der Waals surface area contributed by atoms with Crippen molar-refractivity contribution < 1.29 is 64.3 Å². The van der Waals surface area contributed by atoms with Gasteiger partial charge >= 0.3 is 0 Å². The predicted molar refractivity (Wildman–Crippen MR) is 366 cm³/mol. The maximum absolute atomic E-state index is 13.6. The molecule has 0 unspecified atom stereocenters. The number of halogens is 2. The van der Waals surface area contributed by atoms with E-state index in [2.05, 4.69) is 57.4 Å². The molecule has 4 aliphatic carbocycles. The van der Waals surface area contributed by atoms with Crippen molar-refractivity contribution in [1.29, 1.82) is 0 Å². The number of anilines is 2. The fourth-order valence-corrected chi connectivity index (χ4v) is 19.9. The van der Waals surface area contributed by atoms with Crippen LogP contribution in [0.15, 0.2) is 72.8 Å². The van der Waals surface area contributed by atoms with Crippen LogP contribution in [0.3, 0.4) is 0 Å². The third-order valence-electron chi connectivity index (χ3n) is 21.9. The van der Waals surface area contributed by atoms with Gasteiger partial charge in [0.15, 0.2) is 0 Å². The molecule has 12 atom stereocenters. The third kappa shape index (κ3) is 16.0. The molecular weight excluding hydrogens is 1280 g/mol. The maximum atomic E-state index is 13.6. The first kappa shape index (κ1) is 70.6. The molecule has 4 aromatic carbocycles. The van der Waals surface area contributed by atoms with E-state index in [0.717, 1.165) is 137 Å². The van der Waals surface area contributed by atoms with Crippen molar-refractivity contribution in [2.45, 2.75) is 150 Å². The summed E-state index contributed by atoms with van der Waals surface area (Å²) >= 11 is 12.9. The average molecular weight is 1380 g/mol. The number of fused-ring (bicyclic) bond motifs is 8. The van der Waals surface area contributed by atoms with Crippen LogP contribution in [0.1, 0.15) is 147 Å². The standard InChI is InChI=1S/2C36H49ClN2O7S/c2*1-24-6-12-33(45-16-15-43-2)30-10-7-27(30)20-39-22-36(14-4-5-25-18-28(37)9-11-31(25)36)23-46-34-13-8-26(19-32(34)39)35(40)38-47(41,42)29(17-24)21-44-3/h2*8-9,11,13,18-19,24,27,29-30,33H,4-7,10,12,14-17,20-23H2,1-3H3,(H,38,40)/t24-,27+,29+,30-,33+,36+;24-,27-,29-,30+,33-,36-/m10/s1. The van der Waals surface area contributed by atoms with E-state index in [4.69, 9.17) is 61.1 Å². The van der Waals surface area contributed by atoms with Crippen molar-refractivity contribution in [2.75, 3.05) is 117 Å². The van der Waals surface area contributed by atoms with Crippen molar-refractivity contribution in [3.8, 4) is 11.5 Å². The maximum Gasteiger partial charge on any atom is 0.264 e. The summed E-state index contributed by atoms with van der Waals surface area (Å²) in [6.07, 6.45) is 14.5. The largest absolute Gasteiger partial charge is 0.490 e. The number of carbonyl (C=O) groups excluding carboxylic acids is 2. The monoisotopic (exact) mass is 1380 g/mol. The zero-order valence-corrected chi connectivity index (χ0v) is 58.8. The summed E-state index contributed by atoms with van der Waals surface area (Å²) in [5.41, 5.74) is 6.82. The molecule has 22 heteroatoms. The Balaban J connectivity index is 0.000000192. The number of sulfonamides is 2. The van der Waals surface area contributed by atoms with Gasteiger partial charge in [0.1, 0.15) is 22.0 Å². The summed E-state index contributed by atoms with van der Waals surface area (Å²) in [5, 5.41) is -0.227. The number of benzene rings is 4. The highest BCUT2D eigenvalue weighted by molar-refractivity contribution is 7.91. The Morgan fingerprint density at radius 1 is 0.532 bits per heavy atom. The van der Waals surface area contributed by atoms with E-state index in [0.29, 0.717) is 87.7 Å². The van der Waals surface area contributed by atoms with E-state index in [-0.39, 0.29) is 59.2 Å². The molecule has 94 heavy (non-hydrogen) atoms. The Hall–Kier alpha value is -4.74. The molecule has 4 aromatic rings. The fraction of sp³-hybridized carbons (Fsp3) is 0.639. The van der Waals surface area contributed by atoms with Crippen LogP contribution in [0.2, 0.25) is 10.0 Å². The van der Waals surface area contributed by atoms with Gasteiger partial charge in [0.25, 0.3) is 11.8 Å². The third-order valence-corrected chi connectivity index (χ3v) is 25.7. The Labute approximate surface area is 567 Å². The molecule has 516 valence electrons. The van der Waals surface area contributed by atoms with Crippen LogP contribution in [0.4, 0.5) is 11.4 Å². The molecule has 2 spiro atoms. The molecule has 2 N–H and O–H groups in total. The van der Waals surface area contributed by atoms with Crippen LogP contribution in [0.5, 0.6) is 11.5 Å². The molecule has 2 fully saturated rings. The highest BCUT2D eigenvalue weighted by Crippen LogP contribution is 2.50. The lowest BCUT2D eigenvalue weighted by atomic mass is 9.68. The van der Waals surface area contributed by atoms with Gasteiger partial charge in [0.05, 0.1) is 76.4 Å². The number of amides is 2. The van der Waals surface area contributed by atoms with Gasteiger partial charge in [-0.3, -0.25) is 9.59 Å². The van der Waals surface area contributed by atoms with Crippen LogP contribution < -0.4 is 28.7 Å². The van der Waals surface area contributed by atoms with Gasteiger partial charge in [-0.1, -0.05) is 49.2 Å². The molecule has 4 aliphatic heterocycles. The van der Waals surface area contributed by atoms with Gasteiger partial charge in [-0.15, -0.1) is 0 Å². The van der Waals surface area contributed by atoms with Crippen molar-refractivity contribution in [1.82, 2.24) is 9.44 Å². The Bertz CT molecular complexity index is 3300. The number of hydrogen-bond donors (Lipinski definition) is 2. The number of aryl methyl sites for hydroxylation is 2. The van der Waals surface area contributed by atoms with Crippen LogP contribution in [-0.4, -0.2) is 159 Å². The minimum Gasteiger partial charge on any atom is -0.490 e. The van der Waals surface area contributed by atoms with Gasteiger partial charge in [0, 0.05) is 86.6 Å². The van der Waals surface area contributed by atoms with Crippen molar-refractivity contribution in [3.05, 3.63) is 116 Å². The molecule has 0 aromatic heterocycles. The summed E-state index contributed by atoms with van der Waals surface area (Å²) < 4.78 is 107. The van der Waals surface area contributed by atoms with Gasteiger partial charge in [-0.05, 0) is 221 Å². The molecule has 12 rings (SSSR count). The average Bonchev–Trinajstić information content (AvgIpc) is 1.61. The lowest BCUT2D eigenvalue weighted by Crippen LogP contribution is -2.50. The molecule has 2 amide bonds. The second kappa shape index (κ2) is 31.0. The van der Waals surface area contributed by atoms with Crippen LogP contribution in [0, 0.1) is 35.5 Å². The molecular formula is C72H98Cl2N4O14S2. The number of nitrogens with zero attached hydrogens (tertiary/aromatic N) is 2. The summed E-state index contributed by atoms with van der Waals surface area (Å²) in [6, 6.07) is 23.1. The minimum atomic E-state index is -4.01. The number of hydrogen-bond acceptors (Lipinski definition) is 16. The number of rotatable bonds is 12. The van der Waals surface area contributed by atoms with Crippen LogP contribution in [0.25, 0.3) is 0 Å². The first-order valence-electron chi connectivity index (χ1n) is 34.2. The lowest BCUT2D eigenvalue weighted by Gasteiger charge is -2.46. The highest BCUT2D eigenvalue weighted by atomic mass is 35.5. The van der Waals surface area contributed by atoms with E-state index in [1.807, 2.05) is 36.4 Å². The molecule has 0 radical (unpaired) electrons. The molecule has 4 heterocycles. The van der Waals surface area contributed by atoms with Crippen molar-refractivity contribution >= 4 is 66.4 Å². The van der Waals surface area contributed by atoms with Gasteiger partial charge < -0.3 is 47.7 Å². The molecule has 0 saturated heterocycles. The highest BCUT2D eigenvalue weighted by Gasteiger charge is 2.48. The Morgan fingerprint density at radius 3 is 1.34 bits per heavy atom. The van der Waals surface area contributed by atoms with E-state index < -0.39 is 42.4 Å². The number of ether oxygens (including phenoxy) is 8. The first-order valence-corrected chi connectivity index (χ1v) is 38.0. The molecule has 8 aliphatic rings. The van der Waals surface area contributed by atoms with Crippen molar-refractivity contribution in [2.24, 2.45) is 35.5 Å². The van der Waals surface area contributed by atoms with Gasteiger partial charge in [-0.25, -0.2) is 26.3 Å². The molecule has 18 nitrogen and oxygen atoms in total. The van der Waals surface area contributed by atoms with Crippen LogP contribution in [-0.2, 0) is 72.1 Å². The van der Waals surface area contributed by atoms with E-state index >= 15 is 0 Å². The smallest absolute Gasteiger partial charge is 0.264 e. The minimum absolute atomic E-state index is 0.00595. The van der Waals surface area contributed by atoms with E-state index in [1.165, 1.54) is 36.5 Å². The normalized spacial score (nSPS) is 30.7. The summed E-state index contributed by atoms with van der Waals surface area (Å²) in [6.45, 7) is 10.3. The summed E-state index contributed by atoms with van der Waals surface area (Å²) in [7, 11) is -1.67. The zero-order valence-electron chi connectivity index (χ0n) is 55.7. The van der Waals surface area contributed by atoms with E-state index in [9.17, 15) is 26.4 Å². The summed E-state index contributed by atoms with van der Waals surface area (Å²) in [5.74, 6) is 1.87. The summed E-state index contributed by atoms with van der Waals surface area (Å²) in [4.78, 5) is 32.0. The topological polar surface area (TPSA) is 207 Å². The number of carbonyl (C=O) groups is 2. The van der Waals surface area contributed by atoms with Crippen LogP contribution >= 0.6 is 23.2 Å². The second-order valence-electron chi connectivity index (χ2n) is 28.3. The predicted octanol–water partition coefficient (Wildman–Crippen LogP) is 11.5. The fourth-order valence-electron chi connectivity index (χ4n) is 16.6. The van der Waals surface area contributed by atoms with Gasteiger partial charge in [0.2, 0.25) is 20.0 Å². The Kier molecular flexibility index (Phi) is 23.3. The molecule has 2 saturated carbocycles. The van der Waals surface area contributed by atoms with Crippen molar-refractivity contribution in [3.63, 3.8) is 0 Å². The lowest BCUT2D eigenvalue weighted by molar-refractivity contribution is -0.0618. The number of nitrogens with one attached hydrogen (secondary N) is 2.